The average Bonchev–Trinajstić information content (AvgIpc) is 3.24. The number of thiazole rings is 1. The van der Waals surface area contributed by atoms with E-state index in [9.17, 15) is 9.59 Å². The summed E-state index contributed by atoms with van der Waals surface area (Å²) in [5.74, 6) is -0.794. The second-order valence-corrected chi connectivity index (χ2v) is 6.80. The van der Waals surface area contributed by atoms with Gasteiger partial charge in [0.15, 0.2) is 6.61 Å². The molecule has 1 saturated carbocycles. The largest absolute Gasteiger partial charge is 0.451 e. The molecule has 1 N–H and O–H groups in total. The zero-order valence-electron chi connectivity index (χ0n) is 12.5. The van der Waals surface area contributed by atoms with Crippen LogP contribution in [0, 0.1) is 6.92 Å². The Labute approximate surface area is 142 Å². The van der Waals surface area contributed by atoms with Gasteiger partial charge in [-0.1, -0.05) is 23.7 Å². The van der Waals surface area contributed by atoms with Crippen LogP contribution < -0.4 is 5.32 Å². The van der Waals surface area contributed by atoms with E-state index in [0.29, 0.717) is 20.6 Å². The van der Waals surface area contributed by atoms with Crippen LogP contribution in [0.3, 0.4) is 0 Å². The molecule has 7 heteroatoms. The van der Waals surface area contributed by atoms with Crippen LogP contribution in [0.1, 0.15) is 28.2 Å². The van der Waals surface area contributed by atoms with Crippen molar-refractivity contribution in [3.8, 4) is 10.6 Å². The fraction of sp³-hybridized carbons (Fsp3) is 0.312. The van der Waals surface area contributed by atoms with Gasteiger partial charge in [0.25, 0.3) is 5.91 Å². The van der Waals surface area contributed by atoms with E-state index >= 15 is 0 Å². The lowest BCUT2D eigenvalue weighted by molar-refractivity contribution is -0.124. The van der Waals surface area contributed by atoms with Crippen molar-refractivity contribution in [3.05, 3.63) is 39.9 Å². The first-order valence-corrected chi connectivity index (χ1v) is 8.42. The van der Waals surface area contributed by atoms with Crippen molar-refractivity contribution < 1.29 is 14.3 Å². The molecule has 0 atom stereocenters. The van der Waals surface area contributed by atoms with Crippen LogP contribution in [0.5, 0.6) is 0 Å². The van der Waals surface area contributed by atoms with Gasteiger partial charge in [0.1, 0.15) is 9.88 Å². The van der Waals surface area contributed by atoms with Crippen LogP contribution in [0.2, 0.25) is 5.02 Å². The number of nitrogens with zero attached hydrogens (tertiary/aromatic N) is 1. The smallest absolute Gasteiger partial charge is 0.350 e. The molecule has 0 spiro atoms. The van der Waals surface area contributed by atoms with Crippen LogP contribution in [0.25, 0.3) is 10.6 Å². The first-order valence-electron chi connectivity index (χ1n) is 7.23. The lowest BCUT2D eigenvalue weighted by atomic mass is 10.2. The van der Waals surface area contributed by atoms with Gasteiger partial charge in [-0.25, -0.2) is 9.78 Å². The van der Waals surface area contributed by atoms with E-state index in [0.717, 1.165) is 18.4 Å². The van der Waals surface area contributed by atoms with Crippen molar-refractivity contribution in [2.24, 2.45) is 0 Å². The fourth-order valence-electron chi connectivity index (χ4n) is 2.02. The molecule has 1 aromatic heterocycles. The third kappa shape index (κ3) is 4.09. The van der Waals surface area contributed by atoms with Gasteiger partial charge < -0.3 is 10.1 Å². The van der Waals surface area contributed by atoms with Crippen LogP contribution in [0.4, 0.5) is 0 Å². The maximum atomic E-state index is 12.1. The number of halogens is 1. The highest BCUT2D eigenvalue weighted by molar-refractivity contribution is 7.17. The highest BCUT2D eigenvalue weighted by atomic mass is 35.5. The van der Waals surface area contributed by atoms with Gasteiger partial charge in [0, 0.05) is 16.6 Å². The Bertz CT molecular complexity index is 756. The SMILES string of the molecule is Cc1nc(-c2cccc(Cl)c2)sc1C(=O)OCC(=O)NC1CC1. The van der Waals surface area contributed by atoms with E-state index in [2.05, 4.69) is 10.3 Å². The molecule has 0 radical (unpaired) electrons. The van der Waals surface area contributed by atoms with Gasteiger partial charge in [-0.2, -0.15) is 0 Å². The number of amides is 1. The Kier molecular flexibility index (Phi) is 4.63. The van der Waals surface area contributed by atoms with Crippen LogP contribution in [0.15, 0.2) is 24.3 Å². The van der Waals surface area contributed by atoms with E-state index < -0.39 is 5.97 Å². The van der Waals surface area contributed by atoms with E-state index in [1.54, 1.807) is 19.1 Å². The number of aromatic nitrogens is 1. The van der Waals surface area contributed by atoms with Crippen molar-refractivity contribution in [1.29, 1.82) is 0 Å². The van der Waals surface area contributed by atoms with Gasteiger partial charge in [0.2, 0.25) is 0 Å². The molecule has 1 fully saturated rings. The maximum absolute atomic E-state index is 12.1. The predicted molar refractivity (Wildman–Crippen MR) is 88.7 cm³/mol. The number of aryl methyl sites for hydroxylation is 1. The monoisotopic (exact) mass is 350 g/mol. The van der Waals surface area contributed by atoms with E-state index in [4.69, 9.17) is 16.3 Å². The Morgan fingerprint density at radius 2 is 2.22 bits per heavy atom. The summed E-state index contributed by atoms with van der Waals surface area (Å²) >= 11 is 7.21. The summed E-state index contributed by atoms with van der Waals surface area (Å²) < 4.78 is 5.07. The molecule has 1 aromatic carbocycles. The van der Waals surface area contributed by atoms with Gasteiger partial charge >= 0.3 is 5.97 Å². The van der Waals surface area contributed by atoms with Crippen molar-refractivity contribution >= 4 is 34.8 Å². The Hall–Kier alpha value is -1.92. The third-order valence-electron chi connectivity index (χ3n) is 3.33. The predicted octanol–water partition coefficient (Wildman–Crippen LogP) is 3.21. The molecule has 3 rings (SSSR count). The Morgan fingerprint density at radius 1 is 1.43 bits per heavy atom. The zero-order valence-corrected chi connectivity index (χ0v) is 14.0. The first-order chi connectivity index (χ1) is 11.0. The molecule has 1 aliphatic rings. The van der Waals surface area contributed by atoms with Crippen molar-refractivity contribution in [2.45, 2.75) is 25.8 Å². The highest BCUT2D eigenvalue weighted by Crippen LogP contribution is 2.29. The second-order valence-electron chi connectivity index (χ2n) is 5.36. The topological polar surface area (TPSA) is 68.3 Å². The maximum Gasteiger partial charge on any atom is 0.350 e. The molecule has 1 aliphatic carbocycles. The van der Waals surface area contributed by atoms with Crippen LogP contribution >= 0.6 is 22.9 Å². The molecule has 2 aromatic rings. The summed E-state index contributed by atoms with van der Waals surface area (Å²) in [5, 5.41) is 4.07. The molecule has 0 bridgehead atoms. The summed E-state index contributed by atoms with van der Waals surface area (Å²) in [7, 11) is 0. The Morgan fingerprint density at radius 3 is 2.91 bits per heavy atom. The molecule has 23 heavy (non-hydrogen) atoms. The summed E-state index contributed by atoms with van der Waals surface area (Å²) in [6.45, 7) is 1.48. The van der Waals surface area contributed by atoms with E-state index in [1.165, 1.54) is 11.3 Å². The summed E-state index contributed by atoms with van der Waals surface area (Å²) in [6.07, 6.45) is 1.99. The number of esters is 1. The Balaban J connectivity index is 1.67. The fourth-order valence-corrected chi connectivity index (χ4v) is 3.17. The average molecular weight is 351 g/mol. The summed E-state index contributed by atoms with van der Waals surface area (Å²) in [6, 6.07) is 7.52. The van der Waals surface area contributed by atoms with Crippen molar-refractivity contribution in [1.82, 2.24) is 10.3 Å². The van der Waals surface area contributed by atoms with E-state index in [-0.39, 0.29) is 18.6 Å². The van der Waals surface area contributed by atoms with Gasteiger partial charge in [-0.3, -0.25) is 4.79 Å². The molecule has 120 valence electrons. The first kappa shape index (κ1) is 16.0. The van der Waals surface area contributed by atoms with Gasteiger partial charge in [-0.15, -0.1) is 11.3 Å². The molecule has 0 saturated heterocycles. The number of carbonyl (C=O) groups is 2. The minimum Gasteiger partial charge on any atom is -0.451 e. The number of nitrogens with one attached hydrogen (secondary N) is 1. The third-order valence-corrected chi connectivity index (χ3v) is 4.75. The second kappa shape index (κ2) is 6.68. The number of hydrogen-bond acceptors (Lipinski definition) is 5. The highest BCUT2D eigenvalue weighted by Gasteiger charge is 2.24. The quantitative estimate of drug-likeness (QED) is 0.841. The van der Waals surface area contributed by atoms with E-state index in [1.807, 2.05) is 12.1 Å². The lowest BCUT2D eigenvalue weighted by Gasteiger charge is -2.04. The summed E-state index contributed by atoms with van der Waals surface area (Å²) in [4.78, 5) is 28.5. The lowest BCUT2D eigenvalue weighted by Crippen LogP contribution is -2.30. The number of carbonyl (C=O) groups excluding carboxylic acids is 2. The minimum atomic E-state index is -0.528. The molecular weight excluding hydrogens is 336 g/mol. The normalized spacial score (nSPS) is 13.7. The molecule has 5 nitrogen and oxygen atoms in total. The number of hydrogen-bond donors (Lipinski definition) is 1. The molecule has 1 heterocycles. The molecule has 0 unspecified atom stereocenters. The number of benzene rings is 1. The van der Waals surface area contributed by atoms with Crippen molar-refractivity contribution in [2.75, 3.05) is 6.61 Å². The van der Waals surface area contributed by atoms with Crippen LogP contribution in [-0.2, 0) is 9.53 Å². The molecule has 0 aliphatic heterocycles. The van der Waals surface area contributed by atoms with Gasteiger partial charge in [-0.05, 0) is 31.9 Å². The minimum absolute atomic E-state index is 0.251. The van der Waals surface area contributed by atoms with Crippen LogP contribution in [-0.4, -0.2) is 29.5 Å². The molecular formula is C16H15ClN2O3S. The standard InChI is InChI=1S/C16H15ClN2O3S/c1-9-14(16(21)22-8-13(20)19-12-5-6-12)23-15(18-9)10-3-2-4-11(17)7-10/h2-4,7,12H,5-6,8H2,1H3,(H,19,20). The summed E-state index contributed by atoms with van der Waals surface area (Å²) in [5.41, 5.74) is 1.42. The zero-order chi connectivity index (χ0) is 16.4. The van der Waals surface area contributed by atoms with Crippen molar-refractivity contribution in [3.63, 3.8) is 0 Å². The van der Waals surface area contributed by atoms with Gasteiger partial charge in [0.05, 0.1) is 5.69 Å². The molecule has 1 amide bonds. The number of ether oxygens (including phenoxy) is 1. The number of rotatable bonds is 5.